The van der Waals surface area contributed by atoms with Crippen molar-refractivity contribution in [1.29, 1.82) is 0 Å². The first-order valence-electron chi connectivity index (χ1n) is 8.47. The van der Waals surface area contributed by atoms with Crippen LogP contribution in [0.5, 0.6) is 0 Å². The lowest BCUT2D eigenvalue weighted by atomic mass is 9.87. The van der Waals surface area contributed by atoms with Crippen LogP contribution in [0.15, 0.2) is 54.7 Å². The molecule has 1 amide bonds. The summed E-state index contributed by atoms with van der Waals surface area (Å²) in [5.74, 6) is -0.977. The molecule has 1 aromatic carbocycles. The quantitative estimate of drug-likeness (QED) is 0.653. The predicted octanol–water partition coefficient (Wildman–Crippen LogP) is 3.96. The van der Waals surface area contributed by atoms with Crippen LogP contribution in [0.3, 0.4) is 0 Å². The van der Waals surface area contributed by atoms with Gasteiger partial charge in [0.05, 0.1) is 5.69 Å². The van der Waals surface area contributed by atoms with Crippen LogP contribution in [-0.2, 0) is 19.7 Å². The third-order valence-electron chi connectivity index (χ3n) is 3.76. The van der Waals surface area contributed by atoms with Crippen LogP contribution in [-0.4, -0.2) is 23.0 Å². The van der Waals surface area contributed by atoms with Gasteiger partial charge in [-0.3, -0.25) is 9.78 Å². The van der Waals surface area contributed by atoms with Crippen LogP contribution in [0.25, 0.3) is 6.08 Å². The Hall–Kier alpha value is -2.95. The predicted molar refractivity (Wildman–Crippen MR) is 103 cm³/mol. The lowest BCUT2D eigenvalue weighted by Gasteiger charge is -2.19. The fraction of sp³-hybridized carbons (Fsp3) is 0.286. The van der Waals surface area contributed by atoms with Crippen molar-refractivity contribution in [3.05, 3.63) is 66.0 Å². The monoisotopic (exact) mass is 352 g/mol. The van der Waals surface area contributed by atoms with E-state index in [-0.39, 0.29) is 11.3 Å². The van der Waals surface area contributed by atoms with Gasteiger partial charge in [0.2, 0.25) is 0 Å². The van der Waals surface area contributed by atoms with Gasteiger partial charge in [0, 0.05) is 18.0 Å². The zero-order valence-corrected chi connectivity index (χ0v) is 15.5. The van der Waals surface area contributed by atoms with Crippen LogP contribution >= 0.6 is 0 Å². The molecule has 1 unspecified atom stereocenters. The van der Waals surface area contributed by atoms with Crippen molar-refractivity contribution in [3.8, 4) is 0 Å². The Morgan fingerprint density at radius 2 is 1.81 bits per heavy atom. The third kappa shape index (κ3) is 5.84. The first-order valence-corrected chi connectivity index (χ1v) is 8.47. The van der Waals surface area contributed by atoms with Gasteiger partial charge in [-0.05, 0) is 48.2 Å². The number of hydrogen-bond donors (Lipinski definition) is 1. The lowest BCUT2D eigenvalue weighted by Crippen LogP contribution is -2.29. The minimum atomic E-state index is -0.904. The molecule has 2 aromatic rings. The Morgan fingerprint density at radius 1 is 1.12 bits per heavy atom. The number of anilines is 1. The van der Waals surface area contributed by atoms with E-state index in [4.69, 9.17) is 4.74 Å². The molecule has 0 radical (unpaired) electrons. The molecule has 1 atom stereocenters. The zero-order chi connectivity index (χ0) is 19.2. The van der Waals surface area contributed by atoms with E-state index >= 15 is 0 Å². The van der Waals surface area contributed by atoms with Gasteiger partial charge >= 0.3 is 5.97 Å². The number of esters is 1. The summed E-state index contributed by atoms with van der Waals surface area (Å²) in [6.45, 7) is 7.91. The standard InChI is InChI=1S/C21H24N2O3/c1-15(26-19(24)13-12-17-7-5-6-14-22-17)20(25)23-18-10-8-16(9-11-18)21(2,3)4/h5-15H,1-4H3,(H,23,25). The maximum absolute atomic E-state index is 12.2. The smallest absolute Gasteiger partial charge is 0.331 e. The Kier molecular flexibility index (Phi) is 6.28. The topological polar surface area (TPSA) is 68.3 Å². The van der Waals surface area contributed by atoms with Crippen molar-refractivity contribution in [2.75, 3.05) is 5.32 Å². The van der Waals surface area contributed by atoms with E-state index < -0.39 is 12.1 Å². The molecule has 0 bridgehead atoms. The molecule has 1 aromatic heterocycles. The first kappa shape index (κ1) is 19.4. The molecule has 1 N–H and O–H groups in total. The molecule has 0 aliphatic rings. The molecule has 1 heterocycles. The molecular weight excluding hydrogens is 328 g/mol. The first-order chi connectivity index (χ1) is 12.3. The fourth-order valence-corrected chi connectivity index (χ4v) is 2.19. The second-order valence-electron chi connectivity index (χ2n) is 6.98. The van der Waals surface area contributed by atoms with E-state index in [1.165, 1.54) is 24.6 Å². The summed E-state index contributed by atoms with van der Waals surface area (Å²) in [6.07, 6.45) is 3.52. The molecule has 5 nitrogen and oxygen atoms in total. The summed E-state index contributed by atoms with van der Waals surface area (Å²) in [7, 11) is 0. The Balaban J connectivity index is 1.89. The number of carbonyl (C=O) groups is 2. The number of carbonyl (C=O) groups excluding carboxylic acids is 2. The Bertz CT molecular complexity index is 775. The molecule has 26 heavy (non-hydrogen) atoms. The Morgan fingerprint density at radius 3 is 2.38 bits per heavy atom. The van der Waals surface area contributed by atoms with Gasteiger partial charge < -0.3 is 10.1 Å². The van der Waals surface area contributed by atoms with Crippen LogP contribution in [0.1, 0.15) is 39.0 Å². The minimum Gasteiger partial charge on any atom is -0.449 e. The van der Waals surface area contributed by atoms with Crippen molar-refractivity contribution < 1.29 is 14.3 Å². The number of amides is 1. The molecule has 0 aliphatic heterocycles. The highest BCUT2D eigenvalue weighted by atomic mass is 16.5. The van der Waals surface area contributed by atoms with Crippen molar-refractivity contribution in [2.45, 2.75) is 39.2 Å². The maximum atomic E-state index is 12.2. The van der Waals surface area contributed by atoms with Gasteiger partial charge in [0.1, 0.15) is 0 Å². The average Bonchev–Trinajstić information content (AvgIpc) is 2.60. The molecule has 0 fully saturated rings. The lowest BCUT2D eigenvalue weighted by molar-refractivity contribution is -0.148. The van der Waals surface area contributed by atoms with Crippen molar-refractivity contribution in [1.82, 2.24) is 4.98 Å². The SMILES string of the molecule is CC(OC(=O)C=Cc1ccccn1)C(=O)Nc1ccc(C(C)(C)C)cc1. The highest BCUT2D eigenvalue weighted by Gasteiger charge is 2.17. The number of benzene rings is 1. The van der Waals surface area contributed by atoms with Gasteiger partial charge in [-0.2, -0.15) is 0 Å². The summed E-state index contributed by atoms with van der Waals surface area (Å²) in [6, 6.07) is 13.0. The highest BCUT2D eigenvalue weighted by molar-refractivity contribution is 5.96. The number of hydrogen-bond acceptors (Lipinski definition) is 4. The normalized spacial score (nSPS) is 12.6. The highest BCUT2D eigenvalue weighted by Crippen LogP contribution is 2.23. The Labute approximate surface area is 154 Å². The van der Waals surface area contributed by atoms with E-state index in [2.05, 4.69) is 31.1 Å². The van der Waals surface area contributed by atoms with Crippen LogP contribution in [0.4, 0.5) is 5.69 Å². The molecule has 2 rings (SSSR count). The summed E-state index contributed by atoms with van der Waals surface area (Å²) >= 11 is 0. The number of ether oxygens (including phenoxy) is 1. The average molecular weight is 352 g/mol. The fourth-order valence-electron chi connectivity index (χ4n) is 2.19. The zero-order valence-electron chi connectivity index (χ0n) is 15.5. The molecule has 0 spiro atoms. The molecule has 5 heteroatoms. The van der Waals surface area contributed by atoms with Crippen molar-refractivity contribution in [2.24, 2.45) is 0 Å². The molecule has 0 saturated heterocycles. The van der Waals surface area contributed by atoms with Gasteiger partial charge in [0.25, 0.3) is 5.91 Å². The number of nitrogens with zero attached hydrogens (tertiary/aromatic N) is 1. The molecule has 0 aliphatic carbocycles. The number of rotatable bonds is 5. The van der Waals surface area contributed by atoms with Crippen LogP contribution < -0.4 is 5.32 Å². The second-order valence-corrected chi connectivity index (χ2v) is 6.98. The maximum Gasteiger partial charge on any atom is 0.331 e. The van der Waals surface area contributed by atoms with Gasteiger partial charge in [-0.15, -0.1) is 0 Å². The van der Waals surface area contributed by atoms with Gasteiger partial charge in [0.15, 0.2) is 6.10 Å². The summed E-state index contributed by atoms with van der Waals surface area (Å²) in [5.41, 5.74) is 2.52. The van der Waals surface area contributed by atoms with E-state index in [1.807, 2.05) is 30.3 Å². The third-order valence-corrected chi connectivity index (χ3v) is 3.76. The summed E-state index contributed by atoms with van der Waals surface area (Å²) in [5, 5.41) is 2.75. The van der Waals surface area contributed by atoms with Crippen LogP contribution in [0.2, 0.25) is 0 Å². The molecule has 136 valence electrons. The van der Waals surface area contributed by atoms with E-state index in [0.717, 1.165) is 0 Å². The van der Waals surface area contributed by atoms with Gasteiger partial charge in [-0.25, -0.2) is 4.79 Å². The van der Waals surface area contributed by atoms with Crippen molar-refractivity contribution >= 4 is 23.6 Å². The summed E-state index contributed by atoms with van der Waals surface area (Å²) in [4.78, 5) is 28.1. The van der Waals surface area contributed by atoms with Crippen molar-refractivity contribution in [3.63, 3.8) is 0 Å². The van der Waals surface area contributed by atoms with Gasteiger partial charge in [-0.1, -0.05) is 39.0 Å². The summed E-state index contributed by atoms with van der Waals surface area (Å²) < 4.78 is 5.12. The second kappa shape index (κ2) is 8.43. The van der Waals surface area contributed by atoms with E-state index in [9.17, 15) is 9.59 Å². The number of pyridine rings is 1. The number of nitrogens with one attached hydrogen (secondary N) is 1. The molecule has 0 saturated carbocycles. The van der Waals surface area contributed by atoms with E-state index in [0.29, 0.717) is 11.4 Å². The largest absolute Gasteiger partial charge is 0.449 e. The van der Waals surface area contributed by atoms with Crippen LogP contribution in [0, 0.1) is 0 Å². The van der Waals surface area contributed by atoms with E-state index in [1.54, 1.807) is 18.3 Å². The number of aromatic nitrogens is 1. The molecular formula is C21H24N2O3. The minimum absolute atomic E-state index is 0.0469.